The molecule has 0 saturated heterocycles. The zero-order valence-corrected chi connectivity index (χ0v) is 7.97. The number of rotatable bonds is 3. The molecule has 1 N–H and O–H groups in total. The van der Waals surface area contributed by atoms with Crippen LogP contribution >= 0.6 is 0 Å². The van der Waals surface area contributed by atoms with Crippen LogP contribution in [0.5, 0.6) is 0 Å². The normalized spacial score (nSPS) is 11.1. The number of nitrogens with one attached hydrogen (secondary N) is 1. The van der Waals surface area contributed by atoms with Crippen molar-refractivity contribution in [2.45, 2.75) is 19.4 Å². The van der Waals surface area contributed by atoms with Crippen molar-refractivity contribution in [2.75, 3.05) is 0 Å². The van der Waals surface area contributed by atoms with Gasteiger partial charge in [0.1, 0.15) is 11.6 Å². The van der Waals surface area contributed by atoms with E-state index in [-0.39, 0.29) is 5.56 Å². The molecule has 0 bridgehead atoms. The van der Waals surface area contributed by atoms with Crippen molar-refractivity contribution >= 4 is 6.41 Å². The lowest BCUT2D eigenvalue weighted by Gasteiger charge is -2.24. The van der Waals surface area contributed by atoms with E-state index in [1.165, 1.54) is 6.07 Å². The maximum Gasteiger partial charge on any atom is 0.207 e. The molecule has 1 amide bonds. The molecule has 0 aromatic heterocycles. The lowest BCUT2D eigenvalue weighted by molar-refractivity contribution is -0.111. The van der Waals surface area contributed by atoms with Gasteiger partial charge in [0.2, 0.25) is 6.41 Å². The van der Waals surface area contributed by atoms with Crippen LogP contribution in [0.3, 0.4) is 0 Å². The molecule has 76 valence electrons. The van der Waals surface area contributed by atoms with Crippen molar-refractivity contribution in [1.29, 1.82) is 0 Å². The van der Waals surface area contributed by atoms with Gasteiger partial charge in [0.15, 0.2) is 0 Å². The van der Waals surface area contributed by atoms with Crippen molar-refractivity contribution < 1.29 is 13.6 Å². The number of hydrogen-bond donors (Lipinski definition) is 1. The second kappa shape index (κ2) is 3.74. The molecular formula is C10H11F2NO. The summed E-state index contributed by atoms with van der Waals surface area (Å²) in [4.78, 5) is 10.3. The van der Waals surface area contributed by atoms with Crippen molar-refractivity contribution in [2.24, 2.45) is 0 Å². The predicted octanol–water partition coefficient (Wildman–Crippen LogP) is 1.95. The zero-order valence-electron chi connectivity index (χ0n) is 7.97. The average Bonchev–Trinajstić information content (AvgIpc) is 2.02. The van der Waals surface area contributed by atoms with Crippen LogP contribution in [0.2, 0.25) is 0 Å². The summed E-state index contributed by atoms with van der Waals surface area (Å²) in [6, 6.07) is 3.28. The lowest BCUT2D eigenvalue weighted by atomic mass is 9.94. The molecule has 0 aliphatic carbocycles. The highest BCUT2D eigenvalue weighted by atomic mass is 19.1. The van der Waals surface area contributed by atoms with Gasteiger partial charge in [-0.25, -0.2) is 8.78 Å². The maximum absolute atomic E-state index is 13.3. The Bertz CT molecular complexity index is 350. The van der Waals surface area contributed by atoms with Gasteiger partial charge in [-0.05, 0) is 19.9 Å². The first-order valence-electron chi connectivity index (χ1n) is 4.14. The molecular weight excluding hydrogens is 188 g/mol. The van der Waals surface area contributed by atoms with Crippen LogP contribution in [0.25, 0.3) is 0 Å². The third kappa shape index (κ3) is 2.07. The lowest BCUT2D eigenvalue weighted by Crippen LogP contribution is -2.36. The first-order valence-corrected chi connectivity index (χ1v) is 4.14. The van der Waals surface area contributed by atoms with Crippen LogP contribution in [-0.2, 0) is 10.3 Å². The highest BCUT2D eigenvalue weighted by Crippen LogP contribution is 2.22. The van der Waals surface area contributed by atoms with Crippen LogP contribution in [0.1, 0.15) is 19.4 Å². The first kappa shape index (κ1) is 10.6. The Kier molecular flexibility index (Phi) is 2.84. The Hall–Kier alpha value is -1.45. The van der Waals surface area contributed by atoms with Crippen LogP contribution in [0.15, 0.2) is 18.2 Å². The molecule has 14 heavy (non-hydrogen) atoms. The quantitative estimate of drug-likeness (QED) is 0.740. The van der Waals surface area contributed by atoms with Crippen LogP contribution < -0.4 is 5.32 Å². The van der Waals surface area contributed by atoms with E-state index >= 15 is 0 Å². The van der Waals surface area contributed by atoms with Crippen LogP contribution in [-0.4, -0.2) is 6.41 Å². The first-order chi connectivity index (χ1) is 6.47. The standard InChI is InChI=1S/C10H11F2NO/c1-10(2,13-6-14)8-4-3-7(11)5-9(8)12/h3-6H,1-2H3,(H,13,14). The van der Waals surface area contributed by atoms with E-state index in [0.29, 0.717) is 6.41 Å². The maximum atomic E-state index is 13.3. The molecule has 1 rings (SSSR count). The van der Waals surface area contributed by atoms with E-state index in [1.54, 1.807) is 13.8 Å². The summed E-state index contributed by atoms with van der Waals surface area (Å²) in [5, 5.41) is 2.46. The minimum absolute atomic E-state index is 0.256. The van der Waals surface area contributed by atoms with E-state index in [1.807, 2.05) is 0 Å². The molecule has 0 radical (unpaired) electrons. The summed E-state index contributed by atoms with van der Waals surface area (Å²) in [7, 11) is 0. The number of halogens is 2. The molecule has 0 heterocycles. The van der Waals surface area contributed by atoms with Gasteiger partial charge >= 0.3 is 0 Å². The predicted molar refractivity (Wildman–Crippen MR) is 48.6 cm³/mol. The molecule has 0 saturated carbocycles. The van der Waals surface area contributed by atoms with E-state index < -0.39 is 17.2 Å². The van der Waals surface area contributed by atoms with Gasteiger partial charge in [-0.1, -0.05) is 6.07 Å². The summed E-state index contributed by atoms with van der Waals surface area (Å²) in [5.41, 5.74) is -0.578. The summed E-state index contributed by atoms with van der Waals surface area (Å²) in [6.45, 7) is 3.27. The highest BCUT2D eigenvalue weighted by Gasteiger charge is 2.23. The minimum atomic E-state index is -0.834. The van der Waals surface area contributed by atoms with Crippen LogP contribution in [0, 0.1) is 11.6 Å². The third-order valence-electron chi connectivity index (χ3n) is 2.02. The Morgan fingerprint density at radius 1 is 1.36 bits per heavy atom. The van der Waals surface area contributed by atoms with Gasteiger partial charge in [0, 0.05) is 11.6 Å². The van der Waals surface area contributed by atoms with E-state index in [9.17, 15) is 13.6 Å². The molecule has 2 nitrogen and oxygen atoms in total. The number of amides is 1. The Balaban J connectivity index is 3.12. The number of carbonyl (C=O) groups is 1. The molecule has 0 aliphatic heterocycles. The second-order valence-electron chi connectivity index (χ2n) is 3.51. The van der Waals surface area contributed by atoms with Gasteiger partial charge in [0.25, 0.3) is 0 Å². The van der Waals surface area contributed by atoms with Gasteiger partial charge < -0.3 is 5.32 Å². The van der Waals surface area contributed by atoms with E-state index in [2.05, 4.69) is 5.32 Å². The Morgan fingerprint density at radius 2 is 2.00 bits per heavy atom. The smallest absolute Gasteiger partial charge is 0.207 e. The van der Waals surface area contributed by atoms with Gasteiger partial charge in [-0.15, -0.1) is 0 Å². The summed E-state index contributed by atoms with van der Waals surface area (Å²) < 4.78 is 25.9. The average molecular weight is 199 g/mol. The fraction of sp³-hybridized carbons (Fsp3) is 0.300. The minimum Gasteiger partial charge on any atom is -0.350 e. The fourth-order valence-electron chi connectivity index (χ4n) is 1.22. The molecule has 1 aromatic carbocycles. The Labute approximate surface area is 80.9 Å². The monoisotopic (exact) mass is 199 g/mol. The summed E-state index contributed by atoms with van der Waals surface area (Å²) >= 11 is 0. The largest absolute Gasteiger partial charge is 0.350 e. The Morgan fingerprint density at radius 3 is 2.50 bits per heavy atom. The van der Waals surface area contributed by atoms with Crippen molar-refractivity contribution in [3.8, 4) is 0 Å². The van der Waals surface area contributed by atoms with E-state index in [0.717, 1.165) is 12.1 Å². The van der Waals surface area contributed by atoms with E-state index in [4.69, 9.17) is 0 Å². The van der Waals surface area contributed by atoms with Crippen molar-refractivity contribution in [3.05, 3.63) is 35.4 Å². The SMILES string of the molecule is CC(C)(NC=O)c1ccc(F)cc1F. The van der Waals surface area contributed by atoms with Crippen LogP contribution in [0.4, 0.5) is 8.78 Å². The molecule has 1 aromatic rings. The van der Waals surface area contributed by atoms with Gasteiger partial charge in [0.05, 0.1) is 5.54 Å². The van der Waals surface area contributed by atoms with Crippen molar-refractivity contribution in [1.82, 2.24) is 5.32 Å². The zero-order chi connectivity index (χ0) is 10.8. The highest BCUT2D eigenvalue weighted by molar-refractivity contribution is 5.49. The second-order valence-corrected chi connectivity index (χ2v) is 3.51. The molecule has 0 fully saturated rings. The molecule has 0 unspecified atom stereocenters. The number of hydrogen-bond acceptors (Lipinski definition) is 1. The van der Waals surface area contributed by atoms with Gasteiger partial charge in [-0.2, -0.15) is 0 Å². The molecule has 4 heteroatoms. The fourth-order valence-corrected chi connectivity index (χ4v) is 1.22. The molecule has 0 atom stereocenters. The number of benzene rings is 1. The summed E-state index contributed by atoms with van der Waals surface area (Å²) in [5.74, 6) is -1.29. The third-order valence-corrected chi connectivity index (χ3v) is 2.02. The number of carbonyl (C=O) groups excluding carboxylic acids is 1. The molecule has 0 spiro atoms. The van der Waals surface area contributed by atoms with Crippen molar-refractivity contribution in [3.63, 3.8) is 0 Å². The summed E-state index contributed by atoms with van der Waals surface area (Å²) in [6.07, 6.45) is 0.489. The topological polar surface area (TPSA) is 29.1 Å². The molecule has 0 aliphatic rings. The van der Waals surface area contributed by atoms with Gasteiger partial charge in [-0.3, -0.25) is 4.79 Å².